The van der Waals surface area contributed by atoms with Crippen LogP contribution in [0.15, 0.2) is 36.5 Å². The number of aromatic nitrogens is 2. The molecule has 172 valence electrons. The van der Waals surface area contributed by atoms with Crippen molar-refractivity contribution < 1.29 is 14.3 Å². The Kier molecular flexibility index (Phi) is 6.94. The maximum Gasteiger partial charge on any atom is 0.243 e. The largest absolute Gasteiger partial charge is 0.381 e. The number of amides is 2. The number of hydrogen-bond acceptors (Lipinski definition) is 4. The Morgan fingerprint density at radius 1 is 1.16 bits per heavy atom. The molecule has 2 atom stereocenters. The molecule has 2 unspecified atom stereocenters. The summed E-state index contributed by atoms with van der Waals surface area (Å²) < 4.78 is 7.31. The standard InChI is InChI=1S/C25H34N4O3/c1-17(2)18(3)25(31)28-12-4-5-23(28)24(30)26-13-19-6-8-21(9-7-19)22-10-11-27-29(22)14-20-15-32-16-20/h6-11,17-18,20,23H,4-5,12-16H2,1-3H3,(H,26,30). The number of hydrogen-bond donors (Lipinski definition) is 1. The van der Waals surface area contributed by atoms with E-state index in [4.69, 9.17) is 4.74 Å². The van der Waals surface area contributed by atoms with E-state index in [9.17, 15) is 9.59 Å². The number of rotatable bonds is 8. The van der Waals surface area contributed by atoms with Crippen LogP contribution in [-0.2, 0) is 27.4 Å². The van der Waals surface area contributed by atoms with Crippen molar-refractivity contribution in [1.82, 2.24) is 20.0 Å². The van der Waals surface area contributed by atoms with Crippen LogP contribution in [0.4, 0.5) is 0 Å². The molecule has 1 N–H and O–H groups in total. The molecule has 2 aromatic rings. The molecule has 3 heterocycles. The Hall–Kier alpha value is -2.67. The normalized spacial score (nSPS) is 19.8. The fourth-order valence-electron chi connectivity index (χ4n) is 4.31. The highest BCUT2D eigenvalue weighted by atomic mass is 16.5. The summed E-state index contributed by atoms with van der Waals surface area (Å²) in [6, 6.07) is 9.90. The summed E-state index contributed by atoms with van der Waals surface area (Å²) in [6.45, 7) is 9.65. The van der Waals surface area contributed by atoms with Crippen molar-refractivity contribution in [2.24, 2.45) is 17.8 Å². The summed E-state index contributed by atoms with van der Waals surface area (Å²) >= 11 is 0. The van der Waals surface area contributed by atoms with Crippen molar-refractivity contribution in [3.63, 3.8) is 0 Å². The Labute approximate surface area is 190 Å². The van der Waals surface area contributed by atoms with E-state index < -0.39 is 0 Å². The zero-order chi connectivity index (χ0) is 22.7. The molecule has 1 aromatic heterocycles. The molecule has 0 aliphatic carbocycles. The zero-order valence-corrected chi connectivity index (χ0v) is 19.3. The van der Waals surface area contributed by atoms with Crippen LogP contribution in [0.2, 0.25) is 0 Å². The molecule has 1 aromatic carbocycles. The van der Waals surface area contributed by atoms with Crippen LogP contribution < -0.4 is 5.32 Å². The van der Waals surface area contributed by atoms with E-state index in [1.54, 1.807) is 4.90 Å². The number of benzene rings is 1. The first kappa shape index (κ1) is 22.5. The van der Waals surface area contributed by atoms with Crippen molar-refractivity contribution >= 4 is 11.8 Å². The van der Waals surface area contributed by atoms with Crippen LogP contribution in [0.3, 0.4) is 0 Å². The zero-order valence-electron chi connectivity index (χ0n) is 19.3. The molecule has 0 radical (unpaired) electrons. The third-order valence-electron chi connectivity index (χ3n) is 6.80. The molecule has 4 rings (SSSR count). The SMILES string of the molecule is CC(C)C(C)C(=O)N1CCCC1C(=O)NCc1ccc(-c2ccnn2CC2COC2)cc1. The van der Waals surface area contributed by atoms with Crippen LogP contribution >= 0.6 is 0 Å². The first-order valence-corrected chi connectivity index (χ1v) is 11.7. The Balaban J connectivity index is 1.34. The minimum Gasteiger partial charge on any atom is -0.381 e. The summed E-state index contributed by atoms with van der Waals surface area (Å²) in [4.78, 5) is 27.4. The summed E-state index contributed by atoms with van der Waals surface area (Å²) in [6.07, 6.45) is 3.44. The van der Waals surface area contributed by atoms with Crippen molar-refractivity contribution in [3.8, 4) is 11.3 Å². The van der Waals surface area contributed by atoms with E-state index in [2.05, 4.69) is 22.5 Å². The number of nitrogens with zero attached hydrogens (tertiary/aromatic N) is 3. The van der Waals surface area contributed by atoms with Crippen molar-refractivity contribution in [3.05, 3.63) is 42.1 Å². The molecular weight excluding hydrogens is 404 g/mol. The molecule has 32 heavy (non-hydrogen) atoms. The molecule has 2 aliphatic heterocycles. The first-order valence-electron chi connectivity index (χ1n) is 11.7. The third kappa shape index (κ3) is 4.88. The number of carbonyl (C=O) groups is 2. The molecule has 2 fully saturated rings. The highest BCUT2D eigenvalue weighted by molar-refractivity contribution is 5.89. The maximum atomic E-state index is 12.8. The average molecular weight is 439 g/mol. The first-order chi connectivity index (χ1) is 15.4. The summed E-state index contributed by atoms with van der Waals surface area (Å²) in [5.41, 5.74) is 3.23. The van der Waals surface area contributed by atoms with Gasteiger partial charge in [0.05, 0.1) is 18.9 Å². The molecule has 0 spiro atoms. The number of ether oxygens (including phenoxy) is 1. The number of nitrogens with one attached hydrogen (secondary N) is 1. The van der Waals surface area contributed by atoms with Crippen molar-refractivity contribution in [2.75, 3.05) is 19.8 Å². The highest BCUT2D eigenvalue weighted by Crippen LogP contribution is 2.24. The maximum absolute atomic E-state index is 12.8. The van der Waals surface area contributed by atoms with E-state index in [1.807, 2.05) is 49.8 Å². The van der Waals surface area contributed by atoms with Crippen LogP contribution in [0.5, 0.6) is 0 Å². The number of carbonyl (C=O) groups excluding carboxylic acids is 2. The van der Waals surface area contributed by atoms with Gasteiger partial charge in [-0.2, -0.15) is 5.10 Å². The fourth-order valence-corrected chi connectivity index (χ4v) is 4.31. The Morgan fingerprint density at radius 3 is 2.56 bits per heavy atom. The minimum absolute atomic E-state index is 0.0586. The van der Waals surface area contributed by atoms with Crippen LogP contribution in [0, 0.1) is 17.8 Å². The number of likely N-dealkylation sites (tertiary alicyclic amines) is 1. The van der Waals surface area contributed by atoms with Gasteiger partial charge in [0, 0.05) is 37.7 Å². The van der Waals surface area contributed by atoms with Gasteiger partial charge < -0.3 is 15.0 Å². The van der Waals surface area contributed by atoms with Crippen molar-refractivity contribution in [1.29, 1.82) is 0 Å². The van der Waals surface area contributed by atoms with Gasteiger partial charge in [0.1, 0.15) is 6.04 Å². The highest BCUT2D eigenvalue weighted by Gasteiger charge is 2.36. The molecular formula is C25H34N4O3. The average Bonchev–Trinajstić information content (AvgIpc) is 3.43. The second kappa shape index (κ2) is 9.86. The predicted molar refractivity (Wildman–Crippen MR) is 123 cm³/mol. The van der Waals surface area contributed by atoms with Gasteiger partial charge in [-0.25, -0.2) is 0 Å². The topological polar surface area (TPSA) is 76.5 Å². The Morgan fingerprint density at radius 2 is 1.91 bits per heavy atom. The fraction of sp³-hybridized carbons (Fsp3) is 0.560. The quantitative estimate of drug-likeness (QED) is 0.687. The van der Waals surface area contributed by atoms with Gasteiger partial charge >= 0.3 is 0 Å². The molecule has 0 bridgehead atoms. The van der Waals surface area contributed by atoms with Gasteiger partial charge in [0.2, 0.25) is 11.8 Å². The third-order valence-corrected chi connectivity index (χ3v) is 6.80. The lowest BCUT2D eigenvalue weighted by Crippen LogP contribution is -2.48. The van der Waals surface area contributed by atoms with Gasteiger partial charge in [-0.3, -0.25) is 14.3 Å². The van der Waals surface area contributed by atoms with E-state index in [0.29, 0.717) is 19.0 Å². The molecule has 7 heteroatoms. The van der Waals surface area contributed by atoms with Crippen LogP contribution in [-0.4, -0.2) is 52.3 Å². The lowest BCUT2D eigenvalue weighted by Gasteiger charge is -2.28. The van der Waals surface area contributed by atoms with Gasteiger partial charge in [0.25, 0.3) is 0 Å². The lowest BCUT2D eigenvalue weighted by molar-refractivity contribution is -0.142. The van der Waals surface area contributed by atoms with E-state index in [1.165, 1.54) is 0 Å². The monoisotopic (exact) mass is 438 g/mol. The summed E-state index contributed by atoms with van der Waals surface area (Å²) in [7, 11) is 0. The predicted octanol–water partition coefficient (Wildman–Crippen LogP) is 3.10. The van der Waals surface area contributed by atoms with E-state index in [0.717, 1.165) is 49.4 Å². The van der Waals surface area contributed by atoms with E-state index >= 15 is 0 Å². The van der Waals surface area contributed by atoms with Crippen LogP contribution in [0.1, 0.15) is 39.2 Å². The Bertz CT molecular complexity index is 933. The van der Waals surface area contributed by atoms with Gasteiger partial charge in [-0.15, -0.1) is 0 Å². The lowest BCUT2D eigenvalue weighted by atomic mass is 9.96. The molecule has 7 nitrogen and oxygen atoms in total. The summed E-state index contributed by atoms with van der Waals surface area (Å²) in [5, 5.41) is 7.49. The van der Waals surface area contributed by atoms with Crippen molar-refractivity contribution in [2.45, 2.75) is 52.7 Å². The molecule has 2 amide bonds. The molecule has 0 saturated carbocycles. The smallest absolute Gasteiger partial charge is 0.243 e. The second-order valence-electron chi connectivity index (χ2n) is 9.44. The molecule has 2 saturated heterocycles. The molecule has 2 aliphatic rings. The van der Waals surface area contributed by atoms with Gasteiger partial charge in [-0.05, 0) is 36.0 Å². The van der Waals surface area contributed by atoms with E-state index in [-0.39, 0.29) is 29.7 Å². The van der Waals surface area contributed by atoms with Crippen LogP contribution in [0.25, 0.3) is 11.3 Å². The van der Waals surface area contributed by atoms with Gasteiger partial charge in [0.15, 0.2) is 0 Å². The second-order valence-corrected chi connectivity index (χ2v) is 9.44. The van der Waals surface area contributed by atoms with Gasteiger partial charge in [-0.1, -0.05) is 45.0 Å². The minimum atomic E-state index is -0.354. The summed E-state index contributed by atoms with van der Waals surface area (Å²) in [5.74, 6) is 0.766.